The maximum atomic E-state index is 11.4. The molecule has 2 aliphatic rings. The Labute approximate surface area is 84.6 Å². The number of amides is 2. The van der Waals surface area contributed by atoms with Crippen LogP contribution in [0, 0.1) is 0 Å². The Hall–Kier alpha value is -0.770. The van der Waals surface area contributed by atoms with E-state index in [2.05, 4.69) is 10.6 Å². The molecule has 0 atom stereocenters. The molecule has 0 spiro atoms. The Kier molecular flexibility index (Phi) is 2.63. The van der Waals surface area contributed by atoms with Crippen molar-refractivity contribution in [2.24, 2.45) is 5.73 Å². The summed E-state index contributed by atoms with van der Waals surface area (Å²) in [5.41, 5.74) is 5.87. The Morgan fingerprint density at radius 1 is 1.36 bits per heavy atom. The molecule has 0 radical (unpaired) electrons. The first-order valence-electron chi connectivity index (χ1n) is 5.51. The summed E-state index contributed by atoms with van der Waals surface area (Å²) in [6.07, 6.45) is 6.77. The lowest BCUT2D eigenvalue weighted by Crippen LogP contribution is -2.57. The molecule has 2 aliphatic carbocycles. The minimum atomic E-state index is -0.114. The van der Waals surface area contributed by atoms with Gasteiger partial charge in [0.1, 0.15) is 0 Å². The molecule has 4 N–H and O–H groups in total. The van der Waals surface area contributed by atoms with Crippen LogP contribution >= 0.6 is 0 Å². The Balaban J connectivity index is 1.61. The molecule has 0 aliphatic heterocycles. The van der Waals surface area contributed by atoms with Crippen molar-refractivity contribution in [3.05, 3.63) is 0 Å². The fourth-order valence-electron chi connectivity index (χ4n) is 1.85. The third-order valence-electron chi connectivity index (χ3n) is 3.39. The topological polar surface area (TPSA) is 67.1 Å². The van der Waals surface area contributed by atoms with E-state index < -0.39 is 0 Å². The van der Waals surface area contributed by atoms with Crippen molar-refractivity contribution in [1.29, 1.82) is 0 Å². The van der Waals surface area contributed by atoms with Crippen LogP contribution < -0.4 is 16.4 Å². The maximum Gasteiger partial charge on any atom is 0.315 e. The lowest BCUT2D eigenvalue weighted by Gasteiger charge is -2.38. The van der Waals surface area contributed by atoms with E-state index in [-0.39, 0.29) is 11.6 Å². The maximum absolute atomic E-state index is 11.4. The van der Waals surface area contributed by atoms with Gasteiger partial charge in [-0.25, -0.2) is 4.79 Å². The molecule has 0 aromatic carbocycles. The second-order valence-electron chi connectivity index (χ2n) is 4.67. The highest BCUT2D eigenvalue weighted by molar-refractivity contribution is 5.74. The van der Waals surface area contributed by atoms with Crippen LogP contribution in [0.2, 0.25) is 0 Å². The van der Waals surface area contributed by atoms with Gasteiger partial charge >= 0.3 is 6.03 Å². The molecule has 0 unspecified atom stereocenters. The van der Waals surface area contributed by atoms with E-state index in [4.69, 9.17) is 5.73 Å². The number of rotatable bonds is 3. The highest BCUT2D eigenvalue weighted by Crippen LogP contribution is 2.28. The third kappa shape index (κ3) is 2.18. The first-order valence-corrected chi connectivity index (χ1v) is 5.51. The molecule has 0 heterocycles. The first kappa shape index (κ1) is 9.77. The van der Waals surface area contributed by atoms with Gasteiger partial charge in [0, 0.05) is 18.1 Å². The van der Waals surface area contributed by atoms with E-state index in [1.165, 1.54) is 12.8 Å². The van der Waals surface area contributed by atoms with Crippen LogP contribution in [0.3, 0.4) is 0 Å². The average molecular weight is 197 g/mol. The van der Waals surface area contributed by atoms with E-state index >= 15 is 0 Å². The second-order valence-corrected chi connectivity index (χ2v) is 4.67. The summed E-state index contributed by atoms with van der Waals surface area (Å²) in [6.45, 7) is 0.617. The Bertz CT molecular complexity index is 221. The standard InChI is InChI=1S/C10H19N3O/c11-10(5-2-6-10)7-12-9(14)13-8-3-1-4-8/h8H,1-7,11H2,(H2,12,13,14). The summed E-state index contributed by atoms with van der Waals surface area (Å²) < 4.78 is 0. The molecule has 2 saturated carbocycles. The van der Waals surface area contributed by atoms with E-state index in [1.807, 2.05) is 0 Å². The van der Waals surface area contributed by atoms with Crippen LogP contribution in [0.4, 0.5) is 4.79 Å². The van der Waals surface area contributed by atoms with Gasteiger partial charge in [0.05, 0.1) is 0 Å². The summed E-state index contributed by atoms with van der Waals surface area (Å²) in [6, 6.07) is 0.358. The van der Waals surface area contributed by atoms with Crippen molar-refractivity contribution in [3.8, 4) is 0 Å². The molecule has 2 fully saturated rings. The summed E-state index contributed by atoms with van der Waals surface area (Å²) in [5, 5.41) is 5.78. The quantitative estimate of drug-likeness (QED) is 0.624. The molecule has 2 amide bonds. The zero-order valence-electron chi connectivity index (χ0n) is 8.51. The number of carbonyl (C=O) groups is 1. The molecule has 14 heavy (non-hydrogen) atoms. The molecule has 4 heteroatoms. The predicted octanol–water partition coefficient (Wildman–Crippen LogP) is 0.719. The normalized spacial score (nSPS) is 24.6. The highest BCUT2D eigenvalue weighted by Gasteiger charge is 2.32. The van der Waals surface area contributed by atoms with Gasteiger partial charge in [-0.1, -0.05) is 0 Å². The van der Waals surface area contributed by atoms with Crippen LogP contribution in [0.5, 0.6) is 0 Å². The van der Waals surface area contributed by atoms with Crippen molar-refractivity contribution < 1.29 is 4.79 Å². The smallest absolute Gasteiger partial charge is 0.315 e. The summed E-state index contributed by atoms with van der Waals surface area (Å²) in [5.74, 6) is 0. The molecule has 0 aromatic heterocycles. The average Bonchev–Trinajstić information content (AvgIpc) is 2.05. The van der Waals surface area contributed by atoms with Gasteiger partial charge in [-0.2, -0.15) is 0 Å². The summed E-state index contributed by atoms with van der Waals surface area (Å²) in [4.78, 5) is 11.4. The van der Waals surface area contributed by atoms with E-state index in [1.54, 1.807) is 0 Å². The lowest BCUT2D eigenvalue weighted by molar-refractivity contribution is 0.209. The molecule has 80 valence electrons. The predicted molar refractivity (Wildman–Crippen MR) is 54.9 cm³/mol. The van der Waals surface area contributed by atoms with Crippen molar-refractivity contribution >= 4 is 6.03 Å². The summed E-state index contributed by atoms with van der Waals surface area (Å²) >= 11 is 0. The number of carbonyl (C=O) groups excluding carboxylic acids is 1. The van der Waals surface area contributed by atoms with Crippen molar-refractivity contribution in [2.45, 2.75) is 50.1 Å². The van der Waals surface area contributed by atoms with Gasteiger partial charge in [0.15, 0.2) is 0 Å². The van der Waals surface area contributed by atoms with Gasteiger partial charge in [0.25, 0.3) is 0 Å². The SMILES string of the molecule is NC1(CNC(=O)NC2CCC2)CCC1. The lowest BCUT2D eigenvalue weighted by atomic mass is 9.78. The number of nitrogens with two attached hydrogens (primary N) is 1. The fourth-order valence-corrected chi connectivity index (χ4v) is 1.85. The Morgan fingerprint density at radius 3 is 2.50 bits per heavy atom. The molecule has 0 aromatic rings. The zero-order valence-corrected chi connectivity index (χ0v) is 8.51. The fraction of sp³-hybridized carbons (Fsp3) is 0.900. The van der Waals surface area contributed by atoms with Gasteiger partial charge in [-0.05, 0) is 38.5 Å². The molecular formula is C10H19N3O. The molecule has 0 saturated heterocycles. The van der Waals surface area contributed by atoms with Gasteiger partial charge < -0.3 is 16.4 Å². The number of hydrogen-bond donors (Lipinski definition) is 3. The van der Waals surface area contributed by atoms with Crippen LogP contribution in [-0.2, 0) is 0 Å². The Morgan fingerprint density at radius 2 is 2.07 bits per heavy atom. The second kappa shape index (κ2) is 3.77. The highest BCUT2D eigenvalue weighted by atomic mass is 16.2. The van der Waals surface area contributed by atoms with Crippen LogP contribution in [0.1, 0.15) is 38.5 Å². The minimum Gasteiger partial charge on any atom is -0.336 e. The minimum absolute atomic E-state index is 0.0496. The van der Waals surface area contributed by atoms with Crippen LogP contribution in [0.25, 0.3) is 0 Å². The van der Waals surface area contributed by atoms with Crippen LogP contribution in [0.15, 0.2) is 0 Å². The van der Waals surface area contributed by atoms with Crippen LogP contribution in [-0.4, -0.2) is 24.2 Å². The molecule has 2 rings (SSSR count). The van der Waals surface area contributed by atoms with Gasteiger partial charge in [-0.3, -0.25) is 0 Å². The van der Waals surface area contributed by atoms with Gasteiger partial charge in [0.2, 0.25) is 0 Å². The summed E-state index contributed by atoms with van der Waals surface area (Å²) in [7, 11) is 0. The zero-order chi connectivity index (χ0) is 10.0. The monoisotopic (exact) mass is 197 g/mol. The van der Waals surface area contributed by atoms with Gasteiger partial charge in [-0.15, -0.1) is 0 Å². The largest absolute Gasteiger partial charge is 0.336 e. The van der Waals surface area contributed by atoms with Crippen molar-refractivity contribution in [3.63, 3.8) is 0 Å². The van der Waals surface area contributed by atoms with E-state index in [0.717, 1.165) is 25.7 Å². The molecule has 0 bridgehead atoms. The van der Waals surface area contributed by atoms with E-state index in [0.29, 0.717) is 12.6 Å². The molecular weight excluding hydrogens is 178 g/mol. The number of nitrogens with one attached hydrogen (secondary N) is 2. The van der Waals surface area contributed by atoms with Crippen molar-refractivity contribution in [2.75, 3.05) is 6.54 Å². The van der Waals surface area contributed by atoms with E-state index in [9.17, 15) is 4.79 Å². The third-order valence-corrected chi connectivity index (χ3v) is 3.39. The number of hydrogen-bond acceptors (Lipinski definition) is 2. The number of urea groups is 1. The van der Waals surface area contributed by atoms with Crippen molar-refractivity contribution in [1.82, 2.24) is 10.6 Å². The molecule has 4 nitrogen and oxygen atoms in total. The first-order chi connectivity index (χ1) is 6.68.